The molecule has 0 spiro atoms. The fraction of sp³-hybridized carbons (Fsp3) is 0.0833. The first-order chi connectivity index (χ1) is 9.11. The van der Waals surface area contributed by atoms with Gasteiger partial charge in [0.15, 0.2) is 5.82 Å². The third kappa shape index (κ3) is 2.52. The maximum Gasteiger partial charge on any atom is 0.251 e. The second kappa shape index (κ2) is 4.75. The zero-order valence-corrected chi connectivity index (χ0v) is 12.3. The van der Waals surface area contributed by atoms with E-state index in [0.717, 1.165) is 14.2 Å². The minimum Gasteiger partial charge on any atom is -0.306 e. The summed E-state index contributed by atoms with van der Waals surface area (Å²) < 4.78 is 2.68. The minimum atomic E-state index is -0.173. The number of nitrogens with zero attached hydrogens (tertiary/aromatic N) is 3. The van der Waals surface area contributed by atoms with Crippen molar-refractivity contribution in [1.82, 2.24) is 19.7 Å². The van der Waals surface area contributed by atoms with Crippen LogP contribution in [0.2, 0.25) is 0 Å². The molecule has 0 unspecified atom stereocenters. The molecule has 3 rings (SSSR count). The molecule has 0 aromatic carbocycles. The summed E-state index contributed by atoms with van der Waals surface area (Å²) in [7, 11) is 1.83. The van der Waals surface area contributed by atoms with Gasteiger partial charge < -0.3 is 4.98 Å². The van der Waals surface area contributed by atoms with Gasteiger partial charge in [0.2, 0.25) is 0 Å². The molecule has 0 fully saturated rings. The molecule has 3 aromatic heterocycles. The van der Waals surface area contributed by atoms with Gasteiger partial charge in [0.25, 0.3) is 5.56 Å². The molecular weight excluding hydrogens is 328 g/mol. The fourth-order valence-corrected chi connectivity index (χ4v) is 3.05. The molecule has 7 heteroatoms. The number of thiophene rings is 1. The molecule has 0 saturated heterocycles. The first-order valence-electron chi connectivity index (χ1n) is 5.48. The largest absolute Gasteiger partial charge is 0.306 e. The molecule has 0 radical (unpaired) electrons. The molecule has 0 atom stereocenters. The molecule has 1 N–H and O–H groups in total. The molecule has 5 nitrogen and oxygen atoms in total. The number of aryl methyl sites for hydroxylation is 1. The van der Waals surface area contributed by atoms with E-state index >= 15 is 0 Å². The maximum atomic E-state index is 11.7. The molecule has 19 heavy (non-hydrogen) atoms. The lowest BCUT2D eigenvalue weighted by molar-refractivity contribution is 0.768. The van der Waals surface area contributed by atoms with Gasteiger partial charge in [-0.05, 0) is 28.1 Å². The molecule has 0 bridgehead atoms. The van der Waals surface area contributed by atoms with Crippen LogP contribution in [0, 0.1) is 0 Å². The number of aromatic amines is 1. The first-order valence-corrected chi connectivity index (χ1v) is 7.09. The summed E-state index contributed by atoms with van der Waals surface area (Å²) in [5, 5.41) is 4.09. The summed E-state index contributed by atoms with van der Waals surface area (Å²) in [6.45, 7) is 0. The Morgan fingerprint density at radius 1 is 1.42 bits per heavy atom. The minimum absolute atomic E-state index is 0.173. The highest BCUT2D eigenvalue weighted by Crippen LogP contribution is 2.29. The van der Waals surface area contributed by atoms with E-state index in [1.54, 1.807) is 10.9 Å². The number of hydrogen-bond acceptors (Lipinski definition) is 4. The second-order valence-corrected chi connectivity index (χ2v) is 6.45. The Morgan fingerprint density at radius 2 is 2.26 bits per heavy atom. The van der Waals surface area contributed by atoms with Crippen LogP contribution in [0.5, 0.6) is 0 Å². The van der Waals surface area contributed by atoms with Gasteiger partial charge in [-0.25, -0.2) is 4.98 Å². The summed E-state index contributed by atoms with van der Waals surface area (Å²) >= 11 is 4.92. The van der Waals surface area contributed by atoms with Crippen LogP contribution >= 0.6 is 27.3 Å². The first kappa shape index (κ1) is 12.3. The van der Waals surface area contributed by atoms with Crippen LogP contribution in [0.15, 0.2) is 39.2 Å². The second-order valence-electron chi connectivity index (χ2n) is 3.99. The van der Waals surface area contributed by atoms with E-state index in [0.29, 0.717) is 11.5 Å². The van der Waals surface area contributed by atoms with E-state index in [4.69, 9.17) is 0 Å². The van der Waals surface area contributed by atoms with Gasteiger partial charge in [0, 0.05) is 24.9 Å². The highest BCUT2D eigenvalue weighted by atomic mass is 79.9. The van der Waals surface area contributed by atoms with Gasteiger partial charge in [-0.15, -0.1) is 11.3 Å². The van der Waals surface area contributed by atoms with E-state index in [2.05, 4.69) is 31.0 Å². The number of hydrogen-bond donors (Lipinski definition) is 1. The van der Waals surface area contributed by atoms with Crippen LogP contribution < -0.4 is 5.56 Å². The summed E-state index contributed by atoms with van der Waals surface area (Å²) in [6.07, 6.45) is 3.52. The fourth-order valence-electron chi connectivity index (χ4n) is 1.72. The van der Waals surface area contributed by atoms with Crippen LogP contribution in [-0.2, 0) is 7.05 Å². The Kier molecular flexibility index (Phi) is 3.08. The van der Waals surface area contributed by atoms with Gasteiger partial charge in [-0.1, -0.05) is 0 Å². The van der Waals surface area contributed by atoms with Crippen molar-refractivity contribution < 1.29 is 0 Å². The number of nitrogens with one attached hydrogen (secondary N) is 1. The zero-order chi connectivity index (χ0) is 13.4. The summed E-state index contributed by atoms with van der Waals surface area (Å²) in [4.78, 5) is 19.9. The smallest absolute Gasteiger partial charge is 0.251 e. The van der Waals surface area contributed by atoms with Crippen molar-refractivity contribution in [3.05, 3.63) is 44.7 Å². The van der Waals surface area contributed by atoms with E-state index in [1.807, 2.05) is 25.4 Å². The molecule has 3 aromatic rings. The van der Waals surface area contributed by atoms with Gasteiger partial charge in [0.1, 0.15) is 0 Å². The van der Waals surface area contributed by atoms with Crippen molar-refractivity contribution in [2.45, 2.75) is 0 Å². The highest BCUT2D eigenvalue weighted by molar-refractivity contribution is 9.11. The molecule has 0 aliphatic heterocycles. The zero-order valence-electron chi connectivity index (χ0n) is 9.92. The quantitative estimate of drug-likeness (QED) is 0.782. The van der Waals surface area contributed by atoms with Crippen LogP contribution in [0.25, 0.3) is 22.0 Å². The van der Waals surface area contributed by atoms with E-state index < -0.39 is 0 Å². The predicted octanol–water partition coefficient (Wildman–Crippen LogP) is 2.66. The number of H-pyrrole nitrogens is 1. The molecule has 96 valence electrons. The highest BCUT2D eigenvalue weighted by Gasteiger charge is 2.09. The van der Waals surface area contributed by atoms with Crippen LogP contribution in [0.1, 0.15) is 0 Å². The SMILES string of the molecule is Cn1cc(-c2cc(=O)[nH]c(-c3ccc(Br)s3)n2)cn1. The monoisotopic (exact) mass is 336 g/mol. The van der Waals surface area contributed by atoms with Crippen molar-refractivity contribution in [3.63, 3.8) is 0 Å². The third-order valence-corrected chi connectivity index (χ3v) is 4.18. The number of aromatic nitrogens is 4. The van der Waals surface area contributed by atoms with E-state index in [1.165, 1.54) is 17.4 Å². The molecule has 0 aliphatic rings. The van der Waals surface area contributed by atoms with Crippen molar-refractivity contribution in [1.29, 1.82) is 0 Å². The summed E-state index contributed by atoms with van der Waals surface area (Å²) in [5.74, 6) is 0.571. The summed E-state index contributed by atoms with van der Waals surface area (Å²) in [5.41, 5.74) is 1.27. The van der Waals surface area contributed by atoms with Crippen molar-refractivity contribution >= 4 is 27.3 Å². The normalized spacial score (nSPS) is 10.8. The van der Waals surface area contributed by atoms with Gasteiger partial charge in [-0.3, -0.25) is 9.48 Å². The Labute approximate surface area is 121 Å². The number of rotatable bonds is 2. The van der Waals surface area contributed by atoms with Gasteiger partial charge in [0.05, 0.1) is 20.6 Å². The number of halogens is 1. The topological polar surface area (TPSA) is 63.6 Å². The average Bonchev–Trinajstić information content (AvgIpc) is 2.97. The average molecular weight is 337 g/mol. The maximum absolute atomic E-state index is 11.7. The lowest BCUT2D eigenvalue weighted by Gasteiger charge is -2.00. The Bertz CT molecular complexity index is 727. The van der Waals surface area contributed by atoms with Crippen LogP contribution in [0.4, 0.5) is 0 Å². The standard InChI is InChI=1S/C12H9BrN4OS/c1-17-6-7(5-14-17)8-4-11(18)16-12(15-8)9-2-3-10(13)19-9/h2-6H,1H3,(H,15,16,18). The van der Waals surface area contributed by atoms with Crippen molar-refractivity contribution in [2.24, 2.45) is 7.05 Å². The van der Waals surface area contributed by atoms with Crippen LogP contribution in [0.3, 0.4) is 0 Å². The Hall–Kier alpha value is -1.73. The lowest BCUT2D eigenvalue weighted by Crippen LogP contribution is -2.07. The van der Waals surface area contributed by atoms with Crippen molar-refractivity contribution in [3.8, 4) is 22.0 Å². The Balaban J connectivity index is 2.13. The molecule has 0 aliphatic carbocycles. The Morgan fingerprint density at radius 3 is 2.89 bits per heavy atom. The van der Waals surface area contributed by atoms with Crippen molar-refractivity contribution in [2.75, 3.05) is 0 Å². The molecule has 3 heterocycles. The van der Waals surface area contributed by atoms with E-state index in [-0.39, 0.29) is 5.56 Å². The summed E-state index contributed by atoms with van der Waals surface area (Å²) in [6, 6.07) is 5.32. The van der Waals surface area contributed by atoms with Gasteiger partial charge in [-0.2, -0.15) is 5.10 Å². The van der Waals surface area contributed by atoms with Gasteiger partial charge >= 0.3 is 0 Å². The van der Waals surface area contributed by atoms with Crippen LogP contribution in [-0.4, -0.2) is 19.7 Å². The lowest BCUT2D eigenvalue weighted by atomic mass is 10.2. The molecule has 0 saturated carbocycles. The van der Waals surface area contributed by atoms with E-state index in [9.17, 15) is 4.79 Å². The molecular formula is C12H9BrN4OS. The molecule has 0 amide bonds. The third-order valence-electron chi connectivity index (χ3n) is 2.55. The predicted molar refractivity (Wildman–Crippen MR) is 78.1 cm³/mol.